The lowest BCUT2D eigenvalue weighted by Crippen LogP contribution is -2.57. The second kappa shape index (κ2) is 11.4. The summed E-state index contributed by atoms with van der Waals surface area (Å²) in [6, 6.07) is -0.0355. The molecule has 0 saturated carbocycles. The highest BCUT2D eigenvalue weighted by molar-refractivity contribution is 14.0. The van der Waals surface area contributed by atoms with Gasteiger partial charge < -0.3 is 19.7 Å². The van der Waals surface area contributed by atoms with Crippen LogP contribution >= 0.6 is 24.0 Å². The summed E-state index contributed by atoms with van der Waals surface area (Å²) in [5, 5.41) is 12.3. The Kier molecular flexibility index (Phi) is 8.94. The third kappa shape index (κ3) is 5.68. The van der Waals surface area contributed by atoms with Crippen molar-refractivity contribution in [1.29, 1.82) is 0 Å². The molecule has 1 amide bonds. The lowest BCUT2D eigenvalue weighted by atomic mass is 10.2. The van der Waals surface area contributed by atoms with Gasteiger partial charge in [-0.15, -0.1) is 34.2 Å². The summed E-state index contributed by atoms with van der Waals surface area (Å²) in [5.41, 5.74) is 0. The molecule has 3 aliphatic heterocycles. The lowest BCUT2D eigenvalue weighted by molar-refractivity contribution is -0.135. The molecule has 0 aromatic carbocycles. The molecule has 1 aromatic rings. The first-order chi connectivity index (χ1) is 14.7. The molecule has 174 valence electrons. The van der Waals surface area contributed by atoms with Gasteiger partial charge in [0.2, 0.25) is 5.91 Å². The van der Waals surface area contributed by atoms with E-state index in [1.807, 2.05) is 11.9 Å². The van der Waals surface area contributed by atoms with Crippen molar-refractivity contribution in [3.8, 4) is 0 Å². The van der Waals surface area contributed by atoms with E-state index in [-0.39, 0.29) is 35.9 Å². The lowest BCUT2D eigenvalue weighted by Gasteiger charge is -2.39. The molecule has 0 spiro atoms. The summed E-state index contributed by atoms with van der Waals surface area (Å²) in [6.07, 6.45) is 6.98. The summed E-state index contributed by atoms with van der Waals surface area (Å²) < 4.78 is 2.27. The summed E-state index contributed by atoms with van der Waals surface area (Å²) in [5.74, 6) is 3.30. The van der Waals surface area contributed by atoms with E-state index in [1.165, 1.54) is 19.3 Å². The van der Waals surface area contributed by atoms with Crippen molar-refractivity contribution < 1.29 is 4.79 Å². The minimum atomic E-state index is -0.0355. The van der Waals surface area contributed by atoms with Gasteiger partial charge >= 0.3 is 0 Å². The third-order valence-electron chi connectivity index (χ3n) is 6.74. The number of aryl methyl sites for hydroxylation is 1. The number of aromatic nitrogens is 3. The van der Waals surface area contributed by atoms with Crippen molar-refractivity contribution in [2.45, 2.75) is 64.6 Å². The monoisotopic (exact) mass is 544 g/mol. The maximum absolute atomic E-state index is 12.7. The van der Waals surface area contributed by atoms with Crippen LogP contribution in [0.1, 0.15) is 50.7 Å². The van der Waals surface area contributed by atoms with Gasteiger partial charge in [-0.2, -0.15) is 0 Å². The Hall–Kier alpha value is -1.43. The second-order valence-electron chi connectivity index (χ2n) is 8.63. The van der Waals surface area contributed by atoms with Gasteiger partial charge in [-0.05, 0) is 32.6 Å². The molecule has 4 rings (SSSR count). The zero-order valence-corrected chi connectivity index (χ0v) is 21.3. The van der Waals surface area contributed by atoms with Gasteiger partial charge in [0, 0.05) is 59.3 Å². The Bertz CT molecular complexity index is 753. The van der Waals surface area contributed by atoms with E-state index in [4.69, 9.17) is 0 Å². The third-order valence-corrected chi connectivity index (χ3v) is 6.74. The molecule has 10 heteroatoms. The molecule has 31 heavy (non-hydrogen) atoms. The molecule has 4 heterocycles. The van der Waals surface area contributed by atoms with Crippen LogP contribution in [0.4, 0.5) is 0 Å². The van der Waals surface area contributed by atoms with Gasteiger partial charge in [0.05, 0.1) is 12.6 Å². The van der Waals surface area contributed by atoms with Gasteiger partial charge in [-0.25, -0.2) is 0 Å². The van der Waals surface area contributed by atoms with Crippen LogP contribution in [0.25, 0.3) is 0 Å². The number of piperazine rings is 1. The molecule has 1 atom stereocenters. The molecule has 1 aromatic heterocycles. The Balaban J connectivity index is 0.00000272. The summed E-state index contributed by atoms with van der Waals surface area (Å²) in [4.78, 5) is 23.8. The Morgan fingerprint density at radius 2 is 1.68 bits per heavy atom. The van der Waals surface area contributed by atoms with Crippen molar-refractivity contribution in [1.82, 2.24) is 34.8 Å². The predicted molar refractivity (Wildman–Crippen MR) is 132 cm³/mol. The number of aliphatic imine (C=N–C) groups is 1. The molecule has 3 aliphatic rings. The molecule has 1 N–H and O–H groups in total. The van der Waals surface area contributed by atoms with E-state index >= 15 is 0 Å². The van der Waals surface area contributed by atoms with E-state index in [0.717, 1.165) is 82.7 Å². The highest BCUT2D eigenvalue weighted by Crippen LogP contribution is 2.16. The van der Waals surface area contributed by atoms with Crippen LogP contribution in [-0.2, 0) is 24.3 Å². The van der Waals surface area contributed by atoms with Crippen LogP contribution in [0.3, 0.4) is 0 Å². The van der Waals surface area contributed by atoms with Crippen molar-refractivity contribution in [3.63, 3.8) is 0 Å². The smallest absolute Gasteiger partial charge is 0.239 e. The maximum atomic E-state index is 12.7. The maximum Gasteiger partial charge on any atom is 0.239 e. The fraction of sp³-hybridized carbons (Fsp3) is 0.810. The van der Waals surface area contributed by atoms with E-state index in [1.54, 1.807) is 0 Å². The van der Waals surface area contributed by atoms with Crippen LogP contribution in [0.2, 0.25) is 0 Å². The minimum Gasteiger partial charge on any atom is -0.349 e. The van der Waals surface area contributed by atoms with Gasteiger partial charge in [-0.1, -0.05) is 6.42 Å². The Morgan fingerprint density at radius 3 is 2.39 bits per heavy atom. The van der Waals surface area contributed by atoms with Gasteiger partial charge in [0.15, 0.2) is 11.8 Å². The zero-order valence-electron chi connectivity index (χ0n) is 18.9. The minimum absolute atomic E-state index is 0. The number of hydrogen-bond acceptors (Lipinski definition) is 5. The number of rotatable bonds is 4. The molecule has 2 saturated heterocycles. The summed E-state index contributed by atoms with van der Waals surface area (Å²) in [6.45, 7) is 9.05. The van der Waals surface area contributed by atoms with Gasteiger partial charge in [0.1, 0.15) is 5.82 Å². The van der Waals surface area contributed by atoms with E-state index in [9.17, 15) is 4.79 Å². The Morgan fingerprint density at radius 1 is 0.968 bits per heavy atom. The number of carbonyl (C=O) groups is 1. The highest BCUT2D eigenvalue weighted by atomic mass is 127. The first-order valence-corrected chi connectivity index (χ1v) is 11.6. The fourth-order valence-electron chi connectivity index (χ4n) is 4.85. The van der Waals surface area contributed by atoms with Crippen molar-refractivity contribution in [2.24, 2.45) is 4.99 Å². The van der Waals surface area contributed by atoms with Gasteiger partial charge in [0.25, 0.3) is 0 Å². The predicted octanol–water partition coefficient (Wildman–Crippen LogP) is 1.33. The van der Waals surface area contributed by atoms with Crippen LogP contribution < -0.4 is 5.32 Å². The zero-order chi connectivity index (χ0) is 20.9. The average Bonchev–Trinajstić information content (AvgIpc) is 3.39. The molecular weight excluding hydrogens is 507 g/mol. The Labute approximate surface area is 202 Å². The van der Waals surface area contributed by atoms with Crippen molar-refractivity contribution in [2.75, 3.05) is 46.3 Å². The highest BCUT2D eigenvalue weighted by Gasteiger charge is 2.30. The fourth-order valence-corrected chi connectivity index (χ4v) is 4.85. The first-order valence-electron chi connectivity index (χ1n) is 11.6. The first kappa shape index (κ1) is 24.2. The van der Waals surface area contributed by atoms with Crippen LogP contribution in [0.15, 0.2) is 4.99 Å². The number of carbonyl (C=O) groups excluding carboxylic acids is 1. The standard InChI is InChI=1S/C21H36N8O.HI/c1-17(20(30)27-9-6-7-10-27)26-12-14-28(15-13-26)21(22-2)23-16-19-25-24-18-8-4-3-5-11-29(18)19;/h17H,3-16H2,1-2H3,(H,22,23);1H. The molecule has 1 unspecified atom stereocenters. The van der Waals surface area contributed by atoms with Crippen LogP contribution in [0, 0.1) is 0 Å². The van der Waals surface area contributed by atoms with E-state index in [0.29, 0.717) is 6.54 Å². The quantitative estimate of drug-likeness (QED) is 0.350. The number of fused-ring (bicyclic) bond motifs is 1. The molecule has 0 radical (unpaired) electrons. The number of hydrogen-bond donors (Lipinski definition) is 1. The van der Waals surface area contributed by atoms with Crippen LogP contribution in [0.5, 0.6) is 0 Å². The number of likely N-dealkylation sites (tertiary alicyclic amines) is 1. The largest absolute Gasteiger partial charge is 0.349 e. The molecule has 2 fully saturated rings. The molecule has 0 bridgehead atoms. The topological polar surface area (TPSA) is 81.9 Å². The number of nitrogens with one attached hydrogen (secondary N) is 1. The number of amides is 1. The van der Waals surface area contributed by atoms with Crippen LogP contribution in [-0.4, -0.2) is 93.7 Å². The van der Waals surface area contributed by atoms with Crippen molar-refractivity contribution >= 4 is 35.8 Å². The average molecular weight is 544 g/mol. The number of nitrogens with zero attached hydrogens (tertiary/aromatic N) is 7. The van der Waals surface area contributed by atoms with E-state index in [2.05, 4.69) is 41.8 Å². The molecule has 9 nitrogen and oxygen atoms in total. The number of halogens is 1. The summed E-state index contributed by atoms with van der Waals surface area (Å²) >= 11 is 0. The molecular formula is C21H37IN8O. The van der Waals surface area contributed by atoms with Crippen molar-refractivity contribution in [3.05, 3.63) is 11.6 Å². The summed E-state index contributed by atoms with van der Waals surface area (Å²) in [7, 11) is 1.83. The van der Waals surface area contributed by atoms with Gasteiger partial charge in [-0.3, -0.25) is 14.7 Å². The second-order valence-corrected chi connectivity index (χ2v) is 8.63. The SMILES string of the molecule is CN=C(NCc1nnc2n1CCCCC2)N1CCN(C(C)C(=O)N2CCCC2)CC1.I. The number of guanidine groups is 1. The molecule has 0 aliphatic carbocycles. The van der Waals surface area contributed by atoms with E-state index < -0.39 is 0 Å². The normalized spacial score (nSPS) is 21.3.